The highest BCUT2D eigenvalue weighted by atomic mass is 16.6. The Morgan fingerprint density at radius 3 is 2.87 bits per heavy atom. The lowest BCUT2D eigenvalue weighted by atomic mass is 10.0. The van der Waals surface area contributed by atoms with Crippen molar-refractivity contribution < 1.29 is 14.3 Å². The number of carbonyl (C=O) groups excluding carboxylic acids is 2. The number of nitrogens with zero attached hydrogens (tertiary/aromatic N) is 3. The molecule has 0 saturated carbocycles. The van der Waals surface area contributed by atoms with Crippen LogP contribution in [0.15, 0.2) is 24.5 Å². The first-order chi connectivity index (χ1) is 14.3. The zero-order valence-electron chi connectivity index (χ0n) is 18.4. The van der Waals surface area contributed by atoms with E-state index < -0.39 is 5.60 Å². The molecule has 2 heterocycles. The first-order valence-electron chi connectivity index (χ1n) is 10.6. The van der Waals surface area contributed by atoms with Gasteiger partial charge in [0.1, 0.15) is 5.60 Å². The molecule has 1 aliphatic heterocycles. The lowest BCUT2D eigenvalue weighted by molar-refractivity contribution is -0.127. The maximum atomic E-state index is 12.6. The predicted molar refractivity (Wildman–Crippen MR) is 117 cm³/mol. The molecule has 164 valence electrons. The Bertz CT molecular complexity index is 724. The number of amides is 2. The van der Waals surface area contributed by atoms with Crippen LogP contribution in [0.25, 0.3) is 0 Å². The van der Waals surface area contributed by atoms with E-state index in [-0.39, 0.29) is 18.0 Å². The van der Waals surface area contributed by atoms with Gasteiger partial charge in [-0.15, -0.1) is 6.42 Å². The van der Waals surface area contributed by atoms with Gasteiger partial charge in [0.15, 0.2) is 0 Å². The molecule has 1 saturated heterocycles. The van der Waals surface area contributed by atoms with Crippen LogP contribution in [0.1, 0.15) is 52.0 Å². The van der Waals surface area contributed by atoms with Crippen molar-refractivity contribution in [3.8, 4) is 12.3 Å². The van der Waals surface area contributed by atoms with Crippen molar-refractivity contribution in [2.75, 3.05) is 26.2 Å². The molecule has 0 aliphatic carbocycles. The maximum Gasteiger partial charge on any atom is 0.410 e. The first-order valence-corrected chi connectivity index (χ1v) is 10.6. The Labute approximate surface area is 180 Å². The van der Waals surface area contributed by atoms with E-state index in [1.54, 1.807) is 17.3 Å². The van der Waals surface area contributed by atoms with Crippen LogP contribution in [0.3, 0.4) is 0 Å². The lowest BCUT2D eigenvalue weighted by Crippen LogP contribution is -2.50. The highest BCUT2D eigenvalue weighted by Crippen LogP contribution is 2.17. The Morgan fingerprint density at radius 2 is 2.20 bits per heavy atom. The van der Waals surface area contributed by atoms with E-state index in [1.807, 2.05) is 32.9 Å². The van der Waals surface area contributed by atoms with Crippen molar-refractivity contribution in [3.05, 3.63) is 30.1 Å². The molecule has 7 nitrogen and oxygen atoms in total. The molecule has 7 heteroatoms. The molecule has 1 aromatic rings. The second-order valence-electron chi connectivity index (χ2n) is 8.59. The zero-order valence-corrected chi connectivity index (χ0v) is 18.4. The van der Waals surface area contributed by atoms with Crippen LogP contribution >= 0.6 is 0 Å². The summed E-state index contributed by atoms with van der Waals surface area (Å²) < 4.78 is 5.54. The molecule has 1 aliphatic rings. The molecule has 2 amide bonds. The Hall–Kier alpha value is -2.59. The minimum absolute atomic E-state index is 0.0148. The summed E-state index contributed by atoms with van der Waals surface area (Å²) in [7, 11) is 0. The number of pyridine rings is 1. The number of hydrogen-bond acceptors (Lipinski definition) is 5. The molecule has 1 aromatic heterocycles. The van der Waals surface area contributed by atoms with E-state index in [1.165, 1.54) is 0 Å². The third-order valence-corrected chi connectivity index (χ3v) is 4.86. The largest absolute Gasteiger partial charge is 0.444 e. The number of nitrogens with one attached hydrogen (secondary N) is 1. The predicted octanol–water partition coefficient (Wildman–Crippen LogP) is 2.81. The molecule has 0 radical (unpaired) electrons. The van der Waals surface area contributed by atoms with E-state index in [9.17, 15) is 9.59 Å². The van der Waals surface area contributed by atoms with Gasteiger partial charge in [0.25, 0.3) is 0 Å². The van der Waals surface area contributed by atoms with Gasteiger partial charge in [0, 0.05) is 25.5 Å². The van der Waals surface area contributed by atoms with Crippen molar-refractivity contribution in [2.24, 2.45) is 0 Å². The fourth-order valence-corrected chi connectivity index (χ4v) is 3.47. The van der Waals surface area contributed by atoms with E-state index in [0.717, 1.165) is 31.4 Å². The average molecular weight is 415 g/mol. The molecule has 2 rings (SSSR count). The molecular weight excluding hydrogens is 380 g/mol. The molecule has 1 N–H and O–H groups in total. The van der Waals surface area contributed by atoms with Gasteiger partial charge in [-0.25, -0.2) is 4.79 Å². The molecule has 1 fully saturated rings. The van der Waals surface area contributed by atoms with Crippen LogP contribution in [0, 0.1) is 12.3 Å². The minimum Gasteiger partial charge on any atom is -0.444 e. The van der Waals surface area contributed by atoms with E-state index in [4.69, 9.17) is 11.2 Å². The van der Waals surface area contributed by atoms with Crippen LogP contribution in [-0.4, -0.2) is 64.6 Å². The van der Waals surface area contributed by atoms with Crippen molar-refractivity contribution in [1.82, 2.24) is 20.1 Å². The standard InChI is InChI=1S/C23H34N4O3/c1-5-14-26-15-7-6-11-20(26)21(28)25-13-9-16-27(22(29)30-23(2,3)4)18-19-10-8-12-24-17-19/h1,8,10,12,17,20H,6-7,9,11,13-16,18H2,2-4H3,(H,25,28). The number of aromatic nitrogens is 1. The first kappa shape index (κ1) is 23.7. The summed E-state index contributed by atoms with van der Waals surface area (Å²) in [5.41, 5.74) is 0.361. The Balaban J connectivity index is 1.87. The van der Waals surface area contributed by atoms with Gasteiger partial charge in [-0.1, -0.05) is 18.4 Å². The highest BCUT2D eigenvalue weighted by molar-refractivity contribution is 5.81. The molecule has 0 aromatic carbocycles. The quantitative estimate of drug-likeness (QED) is 0.523. The monoisotopic (exact) mass is 414 g/mol. The fraction of sp³-hybridized carbons (Fsp3) is 0.609. The normalized spacial score (nSPS) is 17.1. The Kier molecular flexibility index (Phi) is 9.13. The number of hydrogen-bond donors (Lipinski definition) is 1. The number of ether oxygens (including phenoxy) is 1. The number of likely N-dealkylation sites (tertiary alicyclic amines) is 1. The number of terminal acetylenes is 1. The van der Waals surface area contributed by atoms with Gasteiger partial charge in [-0.2, -0.15) is 0 Å². The molecule has 1 atom stereocenters. The van der Waals surface area contributed by atoms with E-state index >= 15 is 0 Å². The molecule has 0 bridgehead atoms. The highest BCUT2D eigenvalue weighted by Gasteiger charge is 2.28. The molecule has 1 unspecified atom stereocenters. The van der Waals surface area contributed by atoms with Crippen LogP contribution in [-0.2, 0) is 16.1 Å². The van der Waals surface area contributed by atoms with Gasteiger partial charge in [-0.05, 0) is 58.2 Å². The average Bonchev–Trinajstić information content (AvgIpc) is 2.70. The number of piperidine rings is 1. The lowest BCUT2D eigenvalue weighted by Gasteiger charge is -2.33. The summed E-state index contributed by atoms with van der Waals surface area (Å²) >= 11 is 0. The summed E-state index contributed by atoms with van der Waals surface area (Å²) in [6.45, 7) is 8.28. The van der Waals surface area contributed by atoms with Gasteiger partial charge >= 0.3 is 6.09 Å². The van der Waals surface area contributed by atoms with Crippen molar-refractivity contribution in [1.29, 1.82) is 0 Å². The summed E-state index contributed by atoms with van der Waals surface area (Å²) in [5, 5.41) is 3.01. The van der Waals surface area contributed by atoms with Crippen molar-refractivity contribution in [3.63, 3.8) is 0 Å². The van der Waals surface area contributed by atoms with Crippen LogP contribution in [0.4, 0.5) is 4.79 Å². The second-order valence-corrected chi connectivity index (χ2v) is 8.59. The van der Waals surface area contributed by atoms with E-state index in [0.29, 0.717) is 32.6 Å². The maximum absolute atomic E-state index is 12.6. The van der Waals surface area contributed by atoms with Gasteiger partial charge < -0.3 is 15.0 Å². The third-order valence-electron chi connectivity index (χ3n) is 4.86. The summed E-state index contributed by atoms with van der Waals surface area (Å²) in [5.74, 6) is 2.66. The topological polar surface area (TPSA) is 74.8 Å². The van der Waals surface area contributed by atoms with Gasteiger partial charge in [-0.3, -0.25) is 14.7 Å². The summed E-state index contributed by atoms with van der Waals surface area (Å²) in [6.07, 6.45) is 12.1. The smallest absolute Gasteiger partial charge is 0.410 e. The summed E-state index contributed by atoms with van der Waals surface area (Å²) in [6, 6.07) is 3.61. The van der Waals surface area contributed by atoms with Crippen molar-refractivity contribution in [2.45, 2.75) is 64.6 Å². The van der Waals surface area contributed by atoms with Crippen LogP contribution < -0.4 is 5.32 Å². The number of carbonyl (C=O) groups is 2. The SMILES string of the molecule is C#CCN1CCCCC1C(=O)NCCCN(Cc1cccnc1)C(=O)OC(C)(C)C. The van der Waals surface area contributed by atoms with Gasteiger partial charge in [0.05, 0.1) is 19.1 Å². The van der Waals surface area contributed by atoms with Crippen LogP contribution in [0.2, 0.25) is 0 Å². The fourth-order valence-electron chi connectivity index (χ4n) is 3.47. The molecular formula is C23H34N4O3. The van der Waals surface area contributed by atoms with Crippen LogP contribution in [0.5, 0.6) is 0 Å². The van der Waals surface area contributed by atoms with Gasteiger partial charge in [0.2, 0.25) is 5.91 Å². The van der Waals surface area contributed by atoms with E-state index in [2.05, 4.69) is 21.1 Å². The third kappa shape index (κ3) is 8.03. The minimum atomic E-state index is -0.569. The number of rotatable bonds is 8. The zero-order chi connectivity index (χ0) is 22.0. The molecule has 0 spiro atoms. The molecule has 30 heavy (non-hydrogen) atoms. The summed E-state index contributed by atoms with van der Waals surface area (Å²) in [4.78, 5) is 33.1. The Morgan fingerprint density at radius 1 is 1.40 bits per heavy atom. The second kappa shape index (κ2) is 11.6. The van der Waals surface area contributed by atoms with Crippen molar-refractivity contribution >= 4 is 12.0 Å².